The van der Waals surface area contributed by atoms with Crippen molar-refractivity contribution in [1.82, 2.24) is 9.62 Å². The standard InChI is InChI=1S/C23H20ClN3O5S/c24-18-8-1-3-10-20(18)32-21-11-4-2-9-19(21)26-23(29)16-6-5-7-17(14-16)33(30,31)27-13-12-25-22(28)15-27/h1-11,14H,12-13,15H2,(H,25,28)(H,26,29). The predicted molar refractivity (Wildman–Crippen MR) is 124 cm³/mol. The number of carbonyl (C=O) groups is 2. The lowest BCUT2D eigenvalue weighted by molar-refractivity contribution is -0.122. The fourth-order valence-electron chi connectivity index (χ4n) is 3.27. The molecule has 170 valence electrons. The van der Waals surface area contributed by atoms with Crippen LogP contribution >= 0.6 is 11.6 Å². The second-order valence-corrected chi connectivity index (χ2v) is 9.54. The van der Waals surface area contributed by atoms with Crippen molar-refractivity contribution in [2.24, 2.45) is 0 Å². The molecule has 0 bridgehead atoms. The van der Waals surface area contributed by atoms with Crippen LogP contribution in [0.1, 0.15) is 10.4 Å². The maximum absolute atomic E-state index is 12.9. The topological polar surface area (TPSA) is 105 Å². The molecular weight excluding hydrogens is 466 g/mol. The van der Waals surface area contributed by atoms with E-state index in [1.54, 1.807) is 48.5 Å². The summed E-state index contributed by atoms with van der Waals surface area (Å²) in [5.41, 5.74) is 0.536. The summed E-state index contributed by atoms with van der Waals surface area (Å²) in [6.07, 6.45) is 0. The average Bonchev–Trinajstić information content (AvgIpc) is 2.82. The molecule has 10 heteroatoms. The third kappa shape index (κ3) is 5.16. The van der Waals surface area contributed by atoms with Gasteiger partial charge in [0.25, 0.3) is 5.91 Å². The van der Waals surface area contributed by atoms with E-state index in [0.29, 0.717) is 22.2 Å². The van der Waals surface area contributed by atoms with E-state index in [-0.39, 0.29) is 36.0 Å². The lowest BCUT2D eigenvalue weighted by Gasteiger charge is -2.26. The van der Waals surface area contributed by atoms with Crippen LogP contribution in [0.15, 0.2) is 77.7 Å². The minimum atomic E-state index is -3.92. The van der Waals surface area contributed by atoms with Crippen molar-refractivity contribution < 1.29 is 22.7 Å². The number of hydrogen-bond acceptors (Lipinski definition) is 5. The third-order valence-corrected chi connectivity index (χ3v) is 7.08. The first kappa shape index (κ1) is 22.8. The van der Waals surface area contributed by atoms with Gasteiger partial charge in [-0.3, -0.25) is 9.59 Å². The number of hydrogen-bond donors (Lipinski definition) is 2. The fraction of sp³-hybridized carbons (Fsp3) is 0.130. The first-order valence-corrected chi connectivity index (χ1v) is 11.9. The van der Waals surface area contributed by atoms with E-state index in [2.05, 4.69) is 10.6 Å². The average molecular weight is 486 g/mol. The molecule has 0 spiro atoms. The Bertz CT molecular complexity index is 1310. The number of piperazine rings is 1. The summed E-state index contributed by atoms with van der Waals surface area (Å²) in [5, 5.41) is 5.76. The third-order valence-electron chi connectivity index (χ3n) is 4.93. The Morgan fingerprint density at radius 2 is 1.73 bits per heavy atom. The molecule has 1 fully saturated rings. The van der Waals surface area contributed by atoms with Crippen LogP contribution in [-0.2, 0) is 14.8 Å². The molecule has 0 saturated carbocycles. The molecule has 2 N–H and O–H groups in total. The van der Waals surface area contributed by atoms with Gasteiger partial charge in [-0.15, -0.1) is 0 Å². The molecule has 0 unspecified atom stereocenters. The molecule has 1 heterocycles. The van der Waals surface area contributed by atoms with E-state index in [9.17, 15) is 18.0 Å². The van der Waals surface area contributed by atoms with Gasteiger partial charge < -0.3 is 15.4 Å². The van der Waals surface area contributed by atoms with Gasteiger partial charge in [-0.25, -0.2) is 8.42 Å². The van der Waals surface area contributed by atoms with Crippen LogP contribution < -0.4 is 15.4 Å². The van der Waals surface area contributed by atoms with Crippen molar-refractivity contribution in [2.75, 3.05) is 25.0 Å². The number of benzene rings is 3. The van der Waals surface area contributed by atoms with E-state index in [1.807, 2.05) is 0 Å². The molecule has 4 rings (SSSR count). The van der Waals surface area contributed by atoms with Crippen LogP contribution in [-0.4, -0.2) is 44.2 Å². The van der Waals surface area contributed by atoms with E-state index in [0.717, 1.165) is 4.31 Å². The fourth-order valence-corrected chi connectivity index (χ4v) is 4.88. The Balaban J connectivity index is 1.56. The number of ether oxygens (including phenoxy) is 1. The van der Waals surface area contributed by atoms with E-state index < -0.39 is 15.9 Å². The van der Waals surface area contributed by atoms with Gasteiger partial charge in [0.05, 0.1) is 22.2 Å². The van der Waals surface area contributed by atoms with Crippen LogP contribution in [0.25, 0.3) is 0 Å². The quantitative estimate of drug-likeness (QED) is 0.556. The van der Waals surface area contributed by atoms with Gasteiger partial charge in [-0.2, -0.15) is 4.31 Å². The second-order valence-electron chi connectivity index (χ2n) is 7.20. The van der Waals surface area contributed by atoms with Crippen LogP contribution in [0.2, 0.25) is 5.02 Å². The Labute approximate surface area is 196 Å². The van der Waals surface area contributed by atoms with Gasteiger partial charge in [0.2, 0.25) is 15.9 Å². The highest BCUT2D eigenvalue weighted by Gasteiger charge is 2.29. The smallest absolute Gasteiger partial charge is 0.255 e. The number of para-hydroxylation sites is 3. The molecule has 3 aromatic rings. The summed E-state index contributed by atoms with van der Waals surface area (Å²) in [7, 11) is -3.92. The second kappa shape index (κ2) is 9.62. The highest BCUT2D eigenvalue weighted by molar-refractivity contribution is 7.89. The molecule has 1 aliphatic heterocycles. The maximum atomic E-state index is 12.9. The van der Waals surface area contributed by atoms with Crippen molar-refractivity contribution >= 4 is 39.1 Å². The van der Waals surface area contributed by atoms with E-state index >= 15 is 0 Å². The number of carbonyl (C=O) groups excluding carboxylic acids is 2. The van der Waals surface area contributed by atoms with E-state index in [1.165, 1.54) is 24.3 Å². The largest absolute Gasteiger partial charge is 0.454 e. The minimum absolute atomic E-state index is 0.0644. The zero-order valence-corrected chi connectivity index (χ0v) is 18.9. The number of nitrogens with zero attached hydrogens (tertiary/aromatic N) is 1. The normalized spacial score (nSPS) is 14.4. The van der Waals surface area contributed by atoms with Crippen LogP contribution in [0, 0.1) is 0 Å². The molecule has 1 saturated heterocycles. The number of amides is 2. The molecule has 8 nitrogen and oxygen atoms in total. The molecular formula is C23H20ClN3O5S. The number of halogens is 1. The molecule has 2 amide bonds. The SMILES string of the molecule is O=C1CN(S(=O)(=O)c2cccc(C(=O)Nc3ccccc3Oc3ccccc3Cl)c2)CCN1. The van der Waals surface area contributed by atoms with Gasteiger partial charge in [-0.05, 0) is 42.5 Å². The van der Waals surface area contributed by atoms with Crippen LogP contribution in [0.3, 0.4) is 0 Å². The van der Waals surface area contributed by atoms with Crippen molar-refractivity contribution in [2.45, 2.75) is 4.90 Å². The molecule has 1 aliphatic rings. The Morgan fingerprint density at radius 1 is 1.00 bits per heavy atom. The maximum Gasteiger partial charge on any atom is 0.255 e. The first-order chi connectivity index (χ1) is 15.8. The summed E-state index contributed by atoms with van der Waals surface area (Å²) in [6.45, 7) is 0.142. The Hall–Kier alpha value is -3.40. The Morgan fingerprint density at radius 3 is 2.48 bits per heavy atom. The summed E-state index contributed by atoms with van der Waals surface area (Å²) in [6, 6.07) is 19.5. The predicted octanol–water partition coefficient (Wildman–Crippen LogP) is 3.51. The zero-order valence-electron chi connectivity index (χ0n) is 17.3. The van der Waals surface area contributed by atoms with Crippen molar-refractivity contribution in [1.29, 1.82) is 0 Å². The molecule has 0 aliphatic carbocycles. The van der Waals surface area contributed by atoms with Crippen molar-refractivity contribution in [3.05, 3.63) is 83.4 Å². The monoisotopic (exact) mass is 485 g/mol. The highest BCUT2D eigenvalue weighted by Crippen LogP contribution is 2.33. The summed E-state index contributed by atoms with van der Waals surface area (Å²) < 4.78 is 32.8. The molecule has 33 heavy (non-hydrogen) atoms. The van der Waals surface area contributed by atoms with Gasteiger partial charge in [-0.1, -0.05) is 41.9 Å². The highest BCUT2D eigenvalue weighted by atomic mass is 35.5. The number of rotatable bonds is 6. The number of sulfonamides is 1. The summed E-state index contributed by atoms with van der Waals surface area (Å²) in [4.78, 5) is 24.5. The Kier molecular flexibility index (Phi) is 6.64. The first-order valence-electron chi connectivity index (χ1n) is 10.0. The van der Waals surface area contributed by atoms with Crippen LogP contribution in [0.4, 0.5) is 5.69 Å². The molecule has 0 aromatic heterocycles. The van der Waals surface area contributed by atoms with Gasteiger partial charge in [0, 0.05) is 18.7 Å². The van der Waals surface area contributed by atoms with Gasteiger partial charge >= 0.3 is 0 Å². The molecule has 0 atom stereocenters. The molecule has 0 radical (unpaired) electrons. The number of nitrogens with one attached hydrogen (secondary N) is 2. The lowest BCUT2D eigenvalue weighted by Crippen LogP contribution is -2.49. The summed E-state index contributed by atoms with van der Waals surface area (Å²) in [5.74, 6) is -0.0749. The minimum Gasteiger partial charge on any atom is -0.454 e. The van der Waals surface area contributed by atoms with E-state index in [4.69, 9.17) is 16.3 Å². The van der Waals surface area contributed by atoms with Gasteiger partial charge in [0.1, 0.15) is 5.75 Å². The van der Waals surface area contributed by atoms with Crippen molar-refractivity contribution in [3.63, 3.8) is 0 Å². The zero-order chi connectivity index (χ0) is 23.4. The lowest BCUT2D eigenvalue weighted by atomic mass is 10.2. The van der Waals surface area contributed by atoms with Crippen molar-refractivity contribution in [3.8, 4) is 11.5 Å². The van der Waals surface area contributed by atoms with Gasteiger partial charge in [0.15, 0.2) is 5.75 Å². The molecule has 3 aromatic carbocycles. The van der Waals surface area contributed by atoms with Crippen LogP contribution in [0.5, 0.6) is 11.5 Å². The number of anilines is 1. The summed E-state index contributed by atoms with van der Waals surface area (Å²) >= 11 is 6.16.